The summed E-state index contributed by atoms with van der Waals surface area (Å²) in [5, 5.41) is 23.5. The van der Waals surface area contributed by atoms with Crippen LogP contribution in [0.1, 0.15) is 57.4 Å². The minimum Gasteiger partial charge on any atom is -0.481 e. The Hall–Kier alpha value is -2.78. The highest BCUT2D eigenvalue weighted by Gasteiger charge is 2.23. The lowest BCUT2D eigenvalue weighted by molar-refractivity contribution is -0.142. The first-order valence-corrected chi connectivity index (χ1v) is 11.5. The first-order chi connectivity index (χ1) is 15.8. The molecule has 0 radical (unpaired) electrons. The Balaban J connectivity index is 2.39. The zero-order chi connectivity index (χ0) is 24.6. The van der Waals surface area contributed by atoms with Crippen LogP contribution in [-0.4, -0.2) is 59.0 Å². The van der Waals surface area contributed by atoms with Gasteiger partial charge in [0.15, 0.2) is 5.78 Å². The van der Waals surface area contributed by atoms with Gasteiger partial charge in [0.05, 0.1) is 18.6 Å². The smallest absolute Gasteiger partial charge is 0.306 e. The third kappa shape index (κ3) is 11.6. The molecule has 1 aromatic rings. The molecule has 0 aliphatic heterocycles. The number of ketones is 1. The highest BCUT2D eigenvalue weighted by Crippen LogP contribution is 2.11. The second-order valence-corrected chi connectivity index (χ2v) is 8.15. The molecule has 0 heterocycles. The van der Waals surface area contributed by atoms with E-state index < -0.39 is 36.5 Å². The van der Waals surface area contributed by atoms with Crippen molar-refractivity contribution in [1.29, 1.82) is 0 Å². The van der Waals surface area contributed by atoms with E-state index in [9.17, 15) is 19.2 Å². The first kappa shape index (κ1) is 28.3. The molecule has 0 fully saturated rings. The lowest BCUT2D eigenvalue weighted by Crippen LogP contribution is -2.50. The quantitative estimate of drug-likeness (QED) is 0.217. The Kier molecular flexibility index (Phi) is 13.6. The fraction of sp³-hybridized carbons (Fsp3) is 0.583. The number of carboxylic acids is 1. The number of benzene rings is 1. The molecule has 0 spiro atoms. The van der Waals surface area contributed by atoms with E-state index in [1.807, 2.05) is 30.3 Å². The Morgan fingerprint density at radius 3 is 2.33 bits per heavy atom. The van der Waals surface area contributed by atoms with Gasteiger partial charge >= 0.3 is 5.97 Å². The number of hydrogen-bond donors (Lipinski definition) is 5. The summed E-state index contributed by atoms with van der Waals surface area (Å²) >= 11 is 0. The van der Waals surface area contributed by atoms with Gasteiger partial charge in [-0.3, -0.25) is 19.2 Å². The fourth-order valence-electron chi connectivity index (χ4n) is 3.36. The van der Waals surface area contributed by atoms with E-state index in [1.165, 1.54) is 0 Å². The van der Waals surface area contributed by atoms with Gasteiger partial charge in [-0.1, -0.05) is 43.7 Å². The lowest BCUT2D eigenvalue weighted by Gasteiger charge is -2.20. The van der Waals surface area contributed by atoms with Crippen LogP contribution in [0, 0.1) is 5.92 Å². The molecule has 0 aliphatic rings. The average Bonchev–Trinajstić information content (AvgIpc) is 2.80. The van der Waals surface area contributed by atoms with Crippen LogP contribution < -0.4 is 16.4 Å². The standard InChI is InChI=1S/C24H37N3O6/c1-2-18(24(32)33)12-13-22(30)26-14-8-4-7-11-21(29)20(27-23(31)19(25)16-28)15-17-9-5-3-6-10-17/h3,5-6,9-10,18-20,28H,2,4,7-8,11-16,25H2,1H3,(H,26,30)(H,27,31)(H,32,33). The molecule has 0 aliphatic carbocycles. The van der Waals surface area contributed by atoms with E-state index in [2.05, 4.69) is 10.6 Å². The summed E-state index contributed by atoms with van der Waals surface area (Å²) in [5.41, 5.74) is 6.47. The normalized spacial score (nSPS) is 13.5. The van der Waals surface area contributed by atoms with Gasteiger partial charge in [0, 0.05) is 19.4 Å². The molecule has 6 N–H and O–H groups in total. The van der Waals surface area contributed by atoms with Crippen LogP contribution in [0.15, 0.2) is 30.3 Å². The van der Waals surface area contributed by atoms with E-state index in [-0.39, 0.29) is 24.5 Å². The predicted molar refractivity (Wildman–Crippen MR) is 124 cm³/mol. The number of aliphatic hydroxyl groups excluding tert-OH is 1. The van der Waals surface area contributed by atoms with Crippen molar-refractivity contribution in [2.75, 3.05) is 13.2 Å². The highest BCUT2D eigenvalue weighted by molar-refractivity contribution is 5.91. The van der Waals surface area contributed by atoms with Crippen LogP contribution in [0.5, 0.6) is 0 Å². The molecule has 0 saturated heterocycles. The number of carboxylic acid groups (broad SMARTS) is 1. The molecule has 9 nitrogen and oxygen atoms in total. The monoisotopic (exact) mass is 463 g/mol. The van der Waals surface area contributed by atoms with Crippen molar-refractivity contribution >= 4 is 23.6 Å². The maximum absolute atomic E-state index is 12.7. The Morgan fingerprint density at radius 2 is 1.73 bits per heavy atom. The topological polar surface area (TPSA) is 159 Å². The third-order valence-corrected chi connectivity index (χ3v) is 5.51. The molecule has 0 aromatic heterocycles. The summed E-state index contributed by atoms with van der Waals surface area (Å²) < 4.78 is 0. The summed E-state index contributed by atoms with van der Waals surface area (Å²) in [6, 6.07) is 7.53. The van der Waals surface area contributed by atoms with E-state index in [0.717, 1.165) is 12.0 Å². The zero-order valence-corrected chi connectivity index (χ0v) is 19.3. The number of aliphatic carboxylic acids is 1. The summed E-state index contributed by atoms with van der Waals surface area (Å²) in [6.45, 7) is 1.75. The van der Waals surface area contributed by atoms with Gasteiger partial charge in [-0.2, -0.15) is 0 Å². The van der Waals surface area contributed by atoms with Crippen molar-refractivity contribution < 1.29 is 29.4 Å². The minimum atomic E-state index is -1.08. The Labute approximate surface area is 195 Å². The SMILES string of the molecule is CCC(CCC(=O)NCCCCCC(=O)C(Cc1ccccc1)NC(=O)C(N)CO)C(=O)O. The van der Waals surface area contributed by atoms with Gasteiger partial charge in [-0.25, -0.2) is 0 Å². The van der Waals surface area contributed by atoms with Crippen LogP contribution in [0.4, 0.5) is 0 Å². The molecule has 184 valence electrons. The van der Waals surface area contributed by atoms with Crippen LogP contribution >= 0.6 is 0 Å². The minimum absolute atomic E-state index is 0.111. The van der Waals surface area contributed by atoms with Crippen molar-refractivity contribution in [1.82, 2.24) is 10.6 Å². The summed E-state index contributed by atoms with van der Waals surface area (Å²) in [7, 11) is 0. The average molecular weight is 464 g/mol. The third-order valence-electron chi connectivity index (χ3n) is 5.51. The van der Waals surface area contributed by atoms with Gasteiger partial charge in [0.1, 0.15) is 6.04 Å². The maximum Gasteiger partial charge on any atom is 0.306 e. The number of Topliss-reactive ketones (excluding diaryl/α,β-unsaturated/α-hetero) is 1. The highest BCUT2D eigenvalue weighted by atomic mass is 16.4. The van der Waals surface area contributed by atoms with Crippen molar-refractivity contribution in [2.24, 2.45) is 11.7 Å². The van der Waals surface area contributed by atoms with Gasteiger partial charge in [-0.05, 0) is 37.7 Å². The lowest BCUT2D eigenvalue weighted by atomic mass is 9.98. The number of aliphatic hydroxyl groups is 1. The van der Waals surface area contributed by atoms with Gasteiger partial charge in [-0.15, -0.1) is 0 Å². The summed E-state index contributed by atoms with van der Waals surface area (Å²) in [4.78, 5) is 47.7. The van der Waals surface area contributed by atoms with Crippen LogP contribution in [-0.2, 0) is 25.6 Å². The van der Waals surface area contributed by atoms with Crippen molar-refractivity contribution in [2.45, 2.75) is 70.4 Å². The second kappa shape index (κ2) is 15.9. The van der Waals surface area contributed by atoms with Crippen LogP contribution in [0.2, 0.25) is 0 Å². The second-order valence-electron chi connectivity index (χ2n) is 8.15. The van der Waals surface area contributed by atoms with Gasteiger partial charge < -0.3 is 26.6 Å². The molecule has 0 saturated carbocycles. The maximum atomic E-state index is 12.7. The molecule has 3 atom stereocenters. The van der Waals surface area contributed by atoms with Crippen LogP contribution in [0.3, 0.4) is 0 Å². The van der Waals surface area contributed by atoms with Crippen molar-refractivity contribution in [3.05, 3.63) is 35.9 Å². The molecular weight excluding hydrogens is 426 g/mol. The summed E-state index contributed by atoms with van der Waals surface area (Å²) in [6.07, 6.45) is 3.64. The number of nitrogens with two attached hydrogens (primary N) is 1. The number of carbonyl (C=O) groups excluding carboxylic acids is 3. The zero-order valence-electron chi connectivity index (χ0n) is 19.3. The van der Waals surface area contributed by atoms with E-state index in [1.54, 1.807) is 6.92 Å². The van der Waals surface area contributed by atoms with Crippen LogP contribution in [0.25, 0.3) is 0 Å². The molecule has 0 bridgehead atoms. The Bertz CT molecular complexity index is 756. The number of hydrogen-bond acceptors (Lipinski definition) is 6. The van der Waals surface area contributed by atoms with Crippen molar-refractivity contribution in [3.63, 3.8) is 0 Å². The molecule has 1 aromatic carbocycles. The first-order valence-electron chi connectivity index (χ1n) is 11.5. The summed E-state index contributed by atoms with van der Waals surface area (Å²) in [5.74, 6) is -2.23. The fourth-order valence-corrected chi connectivity index (χ4v) is 3.36. The molecule has 3 unspecified atom stereocenters. The number of rotatable bonds is 17. The van der Waals surface area contributed by atoms with Gasteiger partial charge in [0.25, 0.3) is 0 Å². The van der Waals surface area contributed by atoms with E-state index in [4.69, 9.17) is 15.9 Å². The van der Waals surface area contributed by atoms with Crippen molar-refractivity contribution in [3.8, 4) is 0 Å². The number of unbranched alkanes of at least 4 members (excludes halogenated alkanes) is 2. The molecular formula is C24H37N3O6. The number of carbonyl (C=O) groups is 4. The molecule has 1 rings (SSSR count). The molecule has 9 heteroatoms. The molecule has 2 amide bonds. The predicted octanol–water partition coefficient (Wildman–Crippen LogP) is 1.17. The van der Waals surface area contributed by atoms with E-state index >= 15 is 0 Å². The van der Waals surface area contributed by atoms with E-state index in [0.29, 0.717) is 38.6 Å². The number of amides is 2. The molecule has 33 heavy (non-hydrogen) atoms. The Morgan fingerprint density at radius 1 is 1.03 bits per heavy atom. The van der Waals surface area contributed by atoms with Gasteiger partial charge in [0.2, 0.25) is 11.8 Å². The number of nitrogens with one attached hydrogen (secondary N) is 2. The largest absolute Gasteiger partial charge is 0.481 e.